The van der Waals surface area contributed by atoms with Crippen molar-refractivity contribution in [3.8, 4) is 17.1 Å². The molecule has 0 bridgehead atoms. The summed E-state index contributed by atoms with van der Waals surface area (Å²) in [5.74, 6) is 2.71. The number of benzene rings is 2. The molecule has 1 saturated heterocycles. The summed E-state index contributed by atoms with van der Waals surface area (Å²) in [7, 11) is 3.71. The number of nitrogens with zero attached hydrogens (tertiary/aromatic N) is 4. The van der Waals surface area contributed by atoms with Crippen molar-refractivity contribution in [1.29, 1.82) is 0 Å². The van der Waals surface area contributed by atoms with Gasteiger partial charge in [0.15, 0.2) is 5.82 Å². The largest absolute Gasteiger partial charge is 0.497 e. The Morgan fingerprint density at radius 2 is 1.96 bits per heavy atom. The Balaban J connectivity index is 1.48. The highest BCUT2D eigenvalue weighted by molar-refractivity contribution is 5.54. The molecule has 0 saturated carbocycles. The van der Waals surface area contributed by atoms with Gasteiger partial charge in [0, 0.05) is 25.7 Å². The minimum atomic E-state index is 0.0377. The van der Waals surface area contributed by atoms with Gasteiger partial charge >= 0.3 is 0 Å². The van der Waals surface area contributed by atoms with Crippen LogP contribution in [0.5, 0.6) is 5.75 Å². The van der Waals surface area contributed by atoms with Crippen LogP contribution in [0.1, 0.15) is 17.5 Å². The van der Waals surface area contributed by atoms with Gasteiger partial charge in [0.1, 0.15) is 11.6 Å². The van der Waals surface area contributed by atoms with Crippen LogP contribution < -0.4 is 4.74 Å². The Morgan fingerprint density at radius 1 is 1.11 bits per heavy atom. The summed E-state index contributed by atoms with van der Waals surface area (Å²) in [5.41, 5.74) is 2.22. The van der Waals surface area contributed by atoms with Crippen LogP contribution in [-0.2, 0) is 18.3 Å². The van der Waals surface area contributed by atoms with E-state index in [1.807, 2.05) is 43.4 Å². The fourth-order valence-electron chi connectivity index (χ4n) is 3.43. The molecule has 27 heavy (non-hydrogen) atoms. The van der Waals surface area contributed by atoms with E-state index in [0.717, 1.165) is 48.2 Å². The molecule has 0 N–H and O–H groups in total. The molecule has 1 unspecified atom stereocenters. The number of ether oxygens (including phenoxy) is 2. The van der Waals surface area contributed by atoms with E-state index in [2.05, 4.69) is 37.9 Å². The van der Waals surface area contributed by atoms with Crippen LogP contribution >= 0.6 is 0 Å². The molecule has 1 fully saturated rings. The Kier molecular flexibility index (Phi) is 5.18. The summed E-state index contributed by atoms with van der Waals surface area (Å²) in [6, 6.07) is 18.3. The zero-order valence-corrected chi connectivity index (χ0v) is 15.7. The van der Waals surface area contributed by atoms with Gasteiger partial charge in [-0.05, 0) is 17.7 Å². The first-order chi connectivity index (χ1) is 13.2. The van der Waals surface area contributed by atoms with Gasteiger partial charge in [-0.25, -0.2) is 0 Å². The molecule has 3 aromatic rings. The van der Waals surface area contributed by atoms with Crippen molar-refractivity contribution in [3.05, 3.63) is 66.0 Å². The topological polar surface area (TPSA) is 52.4 Å². The number of hydrogen-bond donors (Lipinski definition) is 0. The lowest BCUT2D eigenvalue weighted by molar-refractivity contribution is -0.0339. The van der Waals surface area contributed by atoms with Gasteiger partial charge < -0.3 is 14.0 Å². The van der Waals surface area contributed by atoms with Crippen LogP contribution in [0.25, 0.3) is 11.4 Å². The third kappa shape index (κ3) is 3.86. The number of rotatable bonds is 5. The normalized spacial score (nSPS) is 17.8. The second-order valence-corrected chi connectivity index (χ2v) is 6.74. The monoisotopic (exact) mass is 364 g/mol. The Labute approximate surface area is 159 Å². The molecule has 140 valence electrons. The molecule has 1 aliphatic heterocycles. The fourth-order valence-corrected chi connectivity index (χ4v) is 3.43. The quantitative estimate of drug-likeness (QED) is 0.696. The number of hydrogen-bond acceptors (Lipinski definition) is 5. The van der Waals surface area contributed by atoms with E-state index in [0.29, 0.717) is 6.61 Å². The average Bonchev–Trinajstić information content (AvgIpc) is 3.09. The molecular formula is C21H24N4O2. The maximum absolute atomic E-state index is 6.00. The Morgan fingerprint density at radius 3 is 2.78 bits per heavy atom. The molecule has 0 amide bonds. The van der Waals surface area contributed by atoms with Gasteiger partial charge in [0.25, 0.3) is 0 Å². The van der Waals surface area contributed by atoms with Gasteiger partial charge in [-0.1, -0.05) is 42.5 Å². The lowest BCUT2D eigenvalue weighted by atomic mass is 10.1. The van der Waals surface area contributed by atoms with Crippen molar-refractivity contribution in [2.75, 3.05) is 26.8 Å². The van der Waals surface area contributed by atoms with Crippen molar-refractivity contribution in [2.45, 2.75) is 12.6 Å². The SMILES string of the molecule is COc1cccc(C2CN(Cc3nnc(-c4ccccc4)n3C)CCO2)c1. The second-order valence-electron chi connectivity index (χ2n) is 6.74. The molecule has 1 aromatic heterocycles. The van der Waals surface area contributed by atoms with E-state index in [-0.39, 0.29) is 6.10 Å². The molecule has 2 aromatic carbocycles. The first kappa shape index (κ1) is 17.7. The van der Waals surface area contributed by atoms with Crippen LogP contribution in [-0.4, -0.2) is 46.5 Å². The fraction of sp³-hybridized carbons (Fsp3) is 0.333. The smallest absolute Gasteiger partial charge is 0.163 e. The lowest BCUT2D eigenvalue weighted by Gasteiger charge is -2.32. The highest BCUT2D eigenvalue weighted by Gasteiger charge is 2.24. The zero-order chi connectivity index (χ0) is 18.6. The highest BCUT2D eigenvalue weighted by Crippen LogP contribution is 2.26. The molecule has 0 aliphatic carbocycles. The summed E-state index contributed by atoms with van der Waals surface area (Å²) in [5, 5.41) is 8.81. The summed E-state index contributed by atoms with van der Waals surface area (Å²) in [6.07, 6.45) is 0.0377. The van der Waals surface area contributed by atoms with Gasteiger partial charge in [0.2, 0.25) is 0 Å². The Hall–Kier alpha value is -2.70. The van der Waals surface area contributed by atoms with Gasteiger partial charge in [-0.3, -0.25) is 4.90 Å². The number of morpholine rings is 1. The Bertz CT molecular complexity index is 894. The maximum Gasteiger partial charge on any atom is 0.163 e. The number of methoxy groups -OCH3 is 1. The molecule has 2 heterocycles. The van der Waals surface area contributed by atoms with Gasteiger partial charge in [-0.15, -0.1) is 10.2 Å². The van der Waals surface area contributed by atoms with E-state index in [9.17, 15) is 0 Å². The van der Waals surface area contributed by atoms with Crippen LogP contribution in [0, 0.1) is 0 Å². The number of aromatic nitrogens is 3. The molecule has 1 atom stereocenters. The minimum Gasteiger partial charge on any atom is -0.497 e. The molecule has 0 spiro atoms. The van der Waals surface area contributed by atoms with Crippen molar-refractivity contribution in [3.63, 3.8) is 0 Å². The third-order valence-electron chi connectivity index (χ3n) is 4.98. The lowest BCUT2D eigenvalue weighted by Crippen LogP contribution is -2.38. The van der Waals surface area contributed by atoms with Crippen LogP contribution in [0.15, 0.2) is 54.6 Å². The third-order valence-corrected chi connectivity index (χ3v) is 4.98. The van der Waals surface area contributed by atoms with Crippen molar-refractivity contribution < 1.29 is 9.47 Å². The molecule has 4 rings (SSSR count). The van der Waals surface area contributed by atoms with Crippen LogP contribution in [0.4, 0.5) is 0 Å². The molecular weight excluding hydrogens is 340 g/mol. The summed E-state index contributed by atoms with van der Waals surface area (Å²) in [6.45, 7) is 3.15. The first-order valence-corrected chi connectivity index (χ1v) is 9.16. The highest BCUT2D eigenvalue weighted by atomic mass is 16.5. The van der Waals surface area contributed by atoms with Crippen LogP contribution in [0.2, 0.25) is 0 Å². The minimum absolute atomic E-state index is 0.0377. The summed E-state index contributed by atoms with van der Waals surface area (Å²) >= 11 is 0. The standard InChI is InChI=1S/C21H24N4O2/c1-24-20(22-23-21(24)16-7-4-3-5-8-16)15-25-11-12-27-19(14-25)17-9-6-10-18(13-17)26-2/h3-10,13,19H,11-12,14-15H2,1-2H3. The maximum atomic E-state index is 6.00. The average molecular weight is 364 g/mol. The molecule has 6 nitrogen and oxygen atoms in total. The van der Waals surface area contributed by atoms with E-state index in [1.54, 1.807) is 7.11 Å². The van der Waals surface area contributed by atoms with Crippen molar-refractivity contribution >= 4 is 0 Å². The molecule has 0 radical (unpaired) electrons. The van der Waals surface area contributed by atoms with E-state index >= 15 is 0 Å². The van der Waals surface area contributed by atoms with Crippen molar-refractivity contribution in [1.82, 2.24) is 19.7 Å². The molecule has 6 heteroatoms. The predicted molar refractivity (Wildman–Crippen MR) is 103 cm³/mol. The van der Waals surface area contributed by atoms with E-state index < -0.39 is 0 Å². The zero-order valence-electron chi connectivity index (χ0n) is 15.7. The van der Waals surface area contributed by atoms with Crippen molar-refractivity contribution in [2.24, 2.45) is 7.05 Å². The van der Waals surface area contributed by atoms with Gasteiger partial charge in [0.05, 0.1) is 26.4 Å². The first-order valence-electron chi connectivity index (χ1n) is 9.16. The van der Waals surface area contributed by atoms with Gasteiger partial charge in [-0.2, -0.15) is 0 Å². The van der Waals surface area contributed by atoms with E-state index in [4.69, 9.17) is 9.47 Å². The van der Waals surface area contributed by atoms with E-state index in [1.165, 1.54) is 0 Å². The summed E-state index contributed by atoms with van der Waals surface area (Å²) in [4.78, 5) is 2.37. The second kappa shape index (κ2) is 7.90. The summed E-state index contributed by atoms with van der Waals surface area (Å²) < 4.78 is 13.4. The van der Waals surface area contributed by atoms with Crippen LogP contribution in [0.3, 0.4) is 0 Å². The molecule has 1 aliphatic rings. The predicted octanol–water partition coefficient (Wildman–Crippen LogP) is 3.06.